The second-order valence-corrected chi connectivity index (χ2v) is 8.18. The molecule has 5 rings (SSSR count). The summed E-state index contributed by atoms with van der Waals surface area (Å²) in [6.07, 6.45) is 6.47. The molecule has 2 atom stereocenters. The maximum absolute atomic E-state index is 13.8. The number of aromatic nitrogens is 5. The zero-order valence-electron chi connectivity index (χ0n) is 17.5. The van der Waals surface area contributed by atoms with Gasteiger partial charge in [-0.15, -0.1) is 5.10 Å². The zero-order valence-corrected chi connectivity index (χ0v) is 17.5. The first-order valence-corrected chi connectivity index (χ1v) is 10.5. The first-order chi connectivity index (χ1) is 14.6. The Bertz CT molecular complexity index is 1310. The molecule has 3 aromatic heterocycles. The van der Waals surface area contributed by atoms with E-state index in [0.717, 1.165) is 30.6 Å². The average Bonchev–Trinajstić information content (AvgIpc) is 3.13. The van der Waals surface area contributed by atoms with Gasteiger partial charge in [0.2, 0.25) is 0 Å². The maximum Gasteiger partial charge on any atom is 0.262 e. The van der Waals surface area contributed by atoms with E-state index in [1.807, 2.05) is 48.0 Å². The fourth-order valence-corrected chi connectivity index (χ4v) is 4.70. The van der Waals surface area contributed by atoms with Crippen molar-refractivity contribution in [1.82, 2.24) is 24.1 Å². The van der Waals surface area contributed by atoms with Crippen LogP contribution in [0, 0.1) is 12.8 Å². The van der Waals surface area contributed by atoms with Crippen LogP contribution in [-0.4, -0.2) is 31.3 Å². The highest BCUT2D eigenvalue weighted by Gasteiger charge is 2.26. The summed E-state index contributed by atoms with van der Waals surface area (Å²) in [7, 11) is 1.64. The van der Waals surface area contributed by atoms with E-state index in [1.54, 1.807) is 11.6 Å². The minimum Gasteiger partial charge on any atom is -0.497 e. The van der Waals surface area contributed by atoms with Crippen molar-refractivity contribution in [2.45, 2.75) is 45.6 Å². The minimum atomic E-state index is -0.0216. The van der Waals surface area contributed by atoms with Crippen molar-refractivity contribution >= 4 is 16.7 Å². The van der Waals surface area contributed by atoms with Crippen molar-refractivity contribution in [3.05, 3.63) is 52.7 Å². The van der Waals surface area contributed by atoms with Gasteiger partial charge in [-0.1, -0.05) is 31.9 Å². The lowest BCUT2D eigenvalue weighted by atomic mass is 9.85. The molecule has 1 fully saturated rings. The molecule has 0 unspecified atom stereocenters. The Hall–Kier alpha value is -3.22. The molecule has 0 N–H and O–H groups in total. The molecule has 1 aliphatic carbocycles. The summed E-state index contributed by atoms with van der Waals surface area (Å²) < 4.78 is 9.02. The Morgan fingerprint density at radius 2 is 1.97 bits per heavy atom. The van der Waals surface area contributed by atoms with Crippen LogP contribution in [0.1, 0.15) is 44.5 Å². The topological polar surface area (TPSA) is 74.3 Å². The Morgan fingerprint density at radius 3 is 2.77 bits per heavy atom. The number of ether oxygens (including phenoxy) is 1. The maximum atomic E-state index is 13.8. The van der Waals surface area contributed by atoms with E-state index in [9.17, 15) is 4.79 Å². The molecule has 0 aliphatic heterocycles. The number of hydrogen-bond donors (Lipinski definition) is 0. The number of pyridine rings is 1. The molecular formula is C23H25N5O2. The Balaban J connectivity index is 1.85. The first-order valence-electron chi connectivity index (χ1n) is 10.5. The van der Waals surface area contributed by atoms with Crippen molar-refractivity contribution in [3.8, 4) is 17.0 Å². The smallest absolute Gasteiger partial charge is 0.262 e. The van der Waals surface area contributed by atoms with E-state index in [2.05, 4.69) is 22.0 Å². The van der Waals surface area contributed by atoms with Crippen LogP contribution in [0.3, 0.4) is 0 Å². The molecule has 0 radical (unpaired) electrons. The van der Waals surface area contributed by atoms with Crippen LogP contribution in [0.4, 0.5) is 0 Å². The molecule has 154 valence electrons. The number of aryl methyl sites for hydroxylation is 1. The van der Waals surface area contributed by atoms with Crippen molar-refractivity contribution < 1.29 is 4.74 Å². The highest BCUT2D eigenvalue weighted by molar-refractivity contribution is 5.93. The number of fused-ring (bicyclic) bond motifs is 2. The van der Waals surface area contributed by atoms with E-state index >= 15 is 0 Å². The highest BCUT2D eigenvalue weighted by Crippen LogP contribution is 2.34. The second kappa shape index (κ2) is 7.23. The SMILES string of the molecule is COc1cccc(-c2c3c(=O)n([C@H]4CCCC[C@@H]4C)ccc3nc3nc(C)nn23)c1. The molecule has 30 heavy (non-hydrogen) atoms. The van der Waals surface area contributed by atoms with Gasteiger partial charge in [-0.25, -0.2) is 4.98 Å². The van der Waals surface area contributed by atoms with Crippen molar-refractivity contribution in [2.24, 2.45) is 5.92 Å². The van der Waals surface area contributed by atoms with E-state index in [0.29, 0.717) is 34.1 Å². The lowest BCUT2D eigenvalue weighted by molar-refractivity contribution is 0.253. The van der Waals surface area contributed by atoms with Crippen LogP contribution in [0.2, 0.25) is 0 Å². The van der Waals surface area contributed by atoms with Crippen LogP contribution in [0.25, 0.3) is 27.9 Å². The van der Waals surface area contributed by atoms with Gasteiger partial charge in [0, 0.05) is 17.8 Å². The molecule has 1 aromatic carbocycles. The van der Waals surface area contributed by atoms with Gasteiger partial charge in [-0.05, 0) is 43.9 Å². The molecule has 3 heterocycles. The fraction of sp³-hybridized carbons (Fsp3) is 0.391. The number of hydrogen-bond acceptors (Lipinski definition) is 5. The summed E-state index contributed by atoms with van der Waals surface area (Å²) in [5.74, 6) is 2.29. The molecule has 0 spiro atoms. The van der Waals surface area contributed by atoms with Gasteiger partial charge >= 0.3 is 0 Å². The van der Waals surface area contributed by atoms with Gasteiger partial charge in [-0.3, -0.25) is 4.79 Å². The summed E-state index contributed by atoms with van der Waals surface area (Å²) >= 11 is 0. The normalized spacial score (nSPS) is 19.4. The quantitative estimate of drug-likeness (QED) is 0.513. The summed E-state index contributed by atoms with van der Waals surface area (Å²) in [5, 5.41) is 5.12. The lowest BCUT2D eigenvalue weighted by Gasteiger charge is -2.30. The lowest BCUT2D eigenvalue weighted by Crippen LogP contribution is -2.31. The molecule has 4 aromatic rings. The first kappa shape index (κ1) is 18.8. The zero-order chi connectivity index (χ0) is 20.8. The van der Waals surface area contributed by atoms with Crippen molar-refractivity contribution in [1.29, 1.82) is 0 Å². The summed E-state index contributed by atoms with van der Waals surface area (Å²) in [5.41, 5.74) is 2.17. The van der Waals surface area contributed by atoms with Gasteiger partial charge in [0.25, 0.3) is 11.3 Å². The predicted molar refractivity (Wildman–Crippen MR) is 116 cm³/mol. The molecule has 1 aliphatic rings. The van der Waals surface area contributed by atoms with Gasteiger partial charge in [-0.2, -0.15) is 9.50 Å². The van der Waals surface area contributed by atoms with Gasteiger partial charge < -0.3 is 9.30 Å². The third kappa shape index (κ3) is 2.96. The van der Waals surface area contributed by atoms with Crippen LogP contribution in [0.5, 0.6) is 5.75 Å². The molecule has 7 nitrogen and oxygen atoms in total. The summed E-state index contributed by atoms with van der Waals surface area (Å²) in [6.45, 7) is 4.07. The fourth-order valence-electron chi connectivity index (χ4n) is 4.70. The Labute approximate surface area is 174 Å². The van der Waals surface area contributed by atoms with E-state index in [1.165, 1.54) is 6.42 Å². The number of rotatable bonds is 3. The van der Waals surface area contributed by atoms with Crippen LogP contribution < -0.4 is 10.3 Å². The van der Waals surface area contributed by atoms with Crippen molar-refractivity contribution in [2.75, 3.05) is 7.11 Å². The minimum absolute atomic E-state index is 0.0216. The molecule has 7 heteroatoms. The largest absolute Gasteiger partial charge is 0.497 e. The molecule has 0 amide bonds. The summed E-state index contributed by atoms with van der Waals surface area (Å²) in [4.78, 5) is 22.9. The van der Waals surface area contributed by atoms with Gasteiger partial charge in [0.15, 0.2) is 0 Å². The van der Waals surface area contributed by atoms with Crippen LogP contribution in [0.15, 0.2) is 41.3 Å². The van der Waals surface area contributed by atoms with Gasteiger partial charge in [0.05, 0.1) is 23.7 Å². The predicted octanol–water partition coefficient (Wildman–Crippen LogP) is 4.17. The monoisotopic (exact) mass is 403 g/mol. The van der Waals surface area contributed by atoms with E-state index in [4.69, 9.17) is 4.74 Å². The standard InChI is InChI=1S/C23H25N5O2/c1-14-7-4-5-10-19(14)27-12-11-18-20(22(27)29)21(16-8-6-9-17(13-16)30-3)28-23(25-18)24-15(2)26-28/h6,8-9,11-14,19H,4-5,7,10H2,1-3H3/t14-,19-/m0/s1. The second-order valence-electron chi connectivity index (χ2n) is 8.18. The molecule has 0 saturated heterocycles. The van der Waals surface area contributed by atoms with Crippen LogP contribution in [-0.2, 0) is 0 Å². The summed E-state index contributed by atoms with van der Waals surface area (Å²) in [6, 6.07) is 9.84. The van der Waals surface area contributed by atoms with Crippen LogP contribution >= 0.6 is 0 Å². The number of benzene rings is 1. The Morgan fingerprint density at radius 1 is 1.13 bits per heavy atom. The van der Waals surface area contributed by atoms with E-state index < -0.39 is 0 Å². The average molecular weight is 403 g/mol. The third-order valence-corrected chi connectivity index (χ3v) is 6.23. The molecule has 1 saturated carbocycles. The number of methoxy groups -OCH3 is 1. The third-order valence-electron chi connectivity index (χ3n) is 6.23. The Kier molecular flexibility index (Phi) is 4.53. The van der Waals surface area contributed by atoms with Gasteiger partial charge in [0.1, 0.15) is 11.6 Å². The highest BCUT2D eigenvalue weighted by atomic mass is 16.5. The van der Waals surface area contributed by atoms with E-state index in [-0.39, 0.29) is 11.6 Å². The number of nitrogens with zero attached hydrogens (tertiary/aromatic N) is 5. The molecule has 0 bridgehead atoms. The van der Waals surface area contributed by atoms with Crippen molar-refractivity contribution in [3.63, 3.8) is 0 Å². The molecular weight excluding hydrogens is 378 g/mol.